The van der Waals surface area contributed by atoms with Gasteiger partial charge in [0.2, 0.25) is 0 Å². The van der Waals surface area contributed by atoms with E-state index in [1.807, 2.05) is 30.3 Å². The van der Waals surface area contributed by atoms with Crippen LogP contribution in [-0.2, 0) is 6.54 Å². The lowest BCUT2D eigenvalue weighted by Crippen LogP contribution is -2.01. The van der Waals surface area contributed by atoms with Crippen LogP contribution in [0.3, 0.4) is 0 Å². The number of aromatic nitrogens is 4. The van der Waals surface area contributed by atoms with Crippen molar-refractivity contribution in [3.8, 4) is 0 Å². The molecule has 1 aromatic carbocycles. The van der Waals surface area contributed by atoms with Gasteiger partial charge in [0.05, 0.1) is 6.54 Å². The van der Waals surface area contributed by atoms with Crippen molar-refractivity contribution in [2.24, 2.45) is 0 Å². The average Bonchev–Trinajstić information content (AvgIpc) is 2.68. The van der Waals surface area contributed by atoms with Gasteiger partial charge in [-0.1, -0.05) is 30.2 Å². The molecule has 0 radical (unpaired) electrons. The molecule has 0 atom stereocenters. The molecule has 5 heteroatoms. The quantitative estimate of drug-likeness (QED) is 0.823. The number of tetrazole rings is 1. The van der Waals surface area contributed by atoms with Crippen LogP contribution in [0.5, 0.6) is 0 Å². The van der Waals surface area contributed by atoms with Gasteiger partial charge in [-0.25, -0.2) is 0 Å². The highest BCUT2D eigenvalue weighted by Crippen LogP contribution is 2.09. The first-order valence-corrected chi connectivity index (χ1v) is 4.98. The Kier molecular flexibility index (Phi) is 2.92. The van der Waals surface area contributed by atoms with E-state index < -0.39 is 0 Å². The molecule has 2 rings (SSSR count). The zero-order valence-corrected chi connectivity index (χ0v) is 8.59. The molecule has 1 heterocycles. The highest BCUT2D eigenvalue weighted by Gasteiger charge is 2.00. The molecule has 0 aliphatic carbocycles. The van der Waals surface area contributed by atoms with Crippen LogP contribution in [0.15, 0.2) is 30.3 Å². The lowest BCUT2D eigenvalue weighted by atomic mass is 10.3. The second-order valence-corrected chi connectivity index (χ2v) is 3.20. The topological polar surface area (TPSA) is 55.6 Å². The fraction of sp³-hybridized carbons (Fsp3) is 0.300. The molecule has 15 heavy (non-hydrogen) atoms. The van der Waals surface area contributed by atoms with Crippen molar-refractivity contribution in [1.29, 1.82) is 0 Å². The largest absolute Gasteiger partial charge is 0.322 e. The number of aryl methyl sites for hydroxylation is 1. The van der Waals surface area contributed by atoms with E-state index in [1.54, 1.807) is 4.80 Å². The predicted molar refractivity (Wildman–Crippen MR) is 57.8 cm³/mol. The van der Waals surface area contributed by atoms with E-state index in [9.17, 15) is 0 Å². The smallest absolute Gasteiger partial charge is 0.267 e. The fourth-order valence-electron chi connectivity index (χ4n) is 1.24. The molecule has 0 amide bonds. The van der Waals surface area contributed by atoms with Gasteiger partial charge in [0.15, 0.2) is 0 Å². The first kappa shape index (κ1) is 9.64. The summed E-state index contributed by atoms with van der Waals surface area (Å²) in [7, 11) is 0. The number of anilines is 2. The molecule has 0 fully saturated rings. The second kappa shape index (κ2) is 4.54. The molecule has 0 aliphatic heterocycles. The molecule has 0 aliphatic rings. The minimum atomic E-state index is 0.537. The Morgan fingerprint density at radius 3 is 2.80 bits per heavy atom. The van der Waals surface area contributed by atoms with Crippen molar-refractivity contribution in [1.82, 2.24) is 20.2 Å². The SMILES string of the molecule is CCCn1nnc(Nc2ccccc2)n1. The number of para-hydroxylation sites is 1. The lowest BCUT2D eigenvalue weighted by Gasteiger charge is -1.98. The Balaban J connectivity index is 2.05. The van der Waals surface area contributed by atoms with Crippen LogP contribution in [0.4, 0.5) is 11.6 Å². The number of hydrogen-bond acceptors (Lipinski definition) is 4. The van der Waals surface area contributed by atoms with Crippen molar-refractivity contribution in [3.05, 3.63) is 30.3 Å². The van der Waals surface area contributed by atoms with E-state index in [-0.39, 0.29) is 0 Å². The molecule has 0 spiro atoms. The number of hydrogen-bond donors (Lipinski definition) is 1. The predicted octanol–water partition coefficient (Wildman–Crippen LogP) is 1.83. The van der Waals surface area contributed by atoms with Crippen LogP contribution in [0.2, 0.25) is 0 Å². The van der Waals surface area contributed by atoms with Gasteiger partial charge >= 0.3 is 0 Å². The first-order valence-electron chi connectivity index (χ1n) is 4.98. The standard InChI is InChI=1S/C10H13N5/c1-2-8-15-13-10(12-14-15)11-9-6-4-3-5-7-9/h3-7H,2,8H2,1H3,(H,11,13). The van der Waals surface area contributed by atoms with Crippen molar-refractivity contribution < 1.29 is 0 Å². The normalized spacial score (nSPS) is 10.2. The van der Waals surface area contributed by atoms with Crippen molar-refractivity contribution in [2.75, 3.05) is 5.32 Å². The van der Waals surface area contributed by atoms with E-state index in [0.29, 0.717) is 5.95 Å². The summed E-state index contributed by atoms with van der Waals surface area (Å²) >= 11 is 0. The molecule has 0 bridgehead atoms. The van der Waals surface area contributed by atoms with Crippen molar-refractivity contribution in [3.63, 3.8) is 0 Å². The summed E-state index contributed by atoms with van der Waals surface area (Å²) in [5, 5.41) is 15.1. The Morgan fingerprint density at radius 1 is 1.27 bits per heavy atom. The van der Waals surface area contributed by atoms with Crippen molar-refractivity contribution in [2.45, 2.75) is 19.9 Å². The molecule has 1 aromatic heterocycles. The van der Waals surface area contributed by atoms with Crippen molar-refractivity contribution >= 4 is 11.6 Å². The van der Waals surface area contributed by atoms with Gasteiger partial charge in [-0.3, -0.25) is 0 Å². The molecule has 0 saturated heterocycles. The maximum absolute atomic E-state index is 4.18. The summed E-state index contributed by atoms with van der Waals surface area (Å²) in [5.41, 5.74) is 0.966. The number of benzene rings is 1. The summed E-state index contributed by atoms with van der Waals surface area (Å²) in [5.74, 6) is 0.537. The van der Waals surface area contributed by atoms with Crippen LogP contribution in [-0.4, -0.2) is 20.2 Å². The molecule has 0 saturated carbocycles. The zero-order valence-electron chi connectivity index (χ0n) is 8.59. The number of nitrogens with zero attached hydrogens (tertiary/aromatic N) is 4. The molecule has 2 aromatic rings. The zero-order chi connectivity index (χ0) is 10.5. The monoisotopic (exact) mass is 203 g/mol. The Hall–Kier alpha value is -1.91. The summed E-state index contributed by atoms with van der Waals surface area (Å²) < 4.78 is 0. The average molecular weight is 203 g/mol. The lowest BCUT2D eigenvalue weighted by molar-refractivity contribution is 0.515. The highest BCUT2D eigenvalue weighted by atomic mass is 15.6. The highest BCUT2D eigenvalue weighted by molar-refractivity contribution is 5.51. The van der Waals surface area contributed by atoms with Gasteiger partial charge in [0, 0.05) is 5.69 Å². The van der Waals surface area contributed by atoms with Crippen LogP contribution in [0, 0.1) is 0 Å². The third kappa shape index (κ3) is 2.52. The van der Waals surface area contributed by atoms with Gasteiger partial charge < -0.3 is 5.32 Å². The third-order valence-corrected chi connectivity index (χ3v) is 1.91. The van der Waals surface area contributed by atoms with Gasteiger partial charge in [-0.05, 0) is 23.8 Å². The van der Waals surface area contributed by atoms with Gasteiger partial charge in [-0.15, -0.1) is 5.10 Å². The van der Waals surface area contributed by atoms with Gasteiger partial charge in [0.1, 0.15) is 0 Å². The molecule has 1 N–H and O–H groups in total. The van der Waals surface area contributed by atoms with Crippen LogP contribution < -0.4 is 5.32 Å². The molecule has 78 valence electrons. The van der Waals surface area contributed by atoms with E-state index >= 15 is 0 Å². The third-order valence-electron chi connectivity index (χ3n) is 1.91. The molecular formula is C10H13N5. The Morgan fingerprint density at radius 2 is 2.07 bits per heavy atom. The maximum atomic E-state index is 4.18. The van der Waals surface area contributed by atoms with Crippen LogP contribution in [0.1, 0.15) is 13.3 Å². The summed E-state index contributed by atoms with van der Waals surface area (Å²) in [6.45, 7) is 2.87. The summed E-state index contributed by atoms with van der Waals surface area (Å²) in [6, 6.07) is 9.80. The number of nitrogens with one attached hydrogen (secondary N) is 1. The van der Waals surface area contributed by atoms with Gasteiger partial charge in [0.25, 0.3) is 5.95 Å². The Labute approximate surface area is 88.1 Å². The van der Waals surface area contributed by atoms with Crippen LogP contribution in [0.25, 0.3) is 0 Å². The maximum Gasteiger partial charge on any atom is 0.267 e. The van der Waals surface area contributed by atoms with E-state index in [4.69, 9.17) is 0 Å². The van der Waals surface area contributed by atoms with E-state index in [1.165, 1.54) is 0 Å². The second-order valence-electron chi connectivity index (χ2n) is 3.20. The van der Waals surface area contributed by atoms with E-state index in [2.05, 4.69) is 27.7 Å². The van der Waals surface area contributed by atoms with E-state index in [0.717, 1.165) is 18.7 Å². The van der Waals surface area contributed by atoms with Gasteiger partial charge in [-0.2, -0.15) is 4.80 Å². The summed E-state index contributed by atoms with van der Waals surface area (Å²) in [4.78, 5) is 1.59. The summed E-state index contributed by atoms with van der Waals surface area (Å²) in [6.07, 6.45) is 1.00. The minimum Gasteiger partial charge on any atom is -0.322 e. The molecule has 5 nitrogen and oxygen atoms in total. The van der Waals surface area contributed by atoms with Crippen LogP contribution >= 0.6 is 0 Å². The minimum absolute atomic E-state index is 0.537. The molecular weight excluding hydrogens is 190 g/mol. The Bertz CT molecular complexity index is 409. The first-order chi connectivity index (χ1) is 7.38. The number of rotatable bonds is 4. The fourth-order valence-corrected chi connectivity index (χ4v) is 1.24. The molecule has 0 unspecified atom stereocenters.